The van der Waals surface area contributed by atoms with Crippen LogP contribution in [0.5, 0.6) is 0 Å². The van der Waals surface area contributed by atoms with Gasteiger partial charge in [-0.05, 0) is 68.3 Å². The fraction of sp³-hybridized carbons (Fsp3) is 0.500. The number of likely N-dealkylation sites (N-methyl/N-ethyl adjacent to an activating group) is 1. The Kier molecular flexibility index (Phi) is 7.24. The number of sulfonamides is 1. The second-order valence-electron chi connectivity index (χ2n) is 9.92. The Morgan fingerprint density at radius 2 is 1.74 bits per heavy atom. The fourth-order valence-electron chi connectivity index (χ4n) is 4.79. The van der Waals surface area contributed by atoms with E-state index in [-0.39, 0.29) is 10.8 Å². The molecule has 0 aliphatic carbocycles. The molecule has 0 spiro atoms. The first kappa shape index (κ1) is 25.6. The molecule has 2 aliphatic rings. The minimum absolute atomic E-state index is 0.0837. The monoisotopic (exact) mass is 500 g/mol. The van der Waals surface area contributed by atoms with Crippen LogP contribution in [0.15, 0.2) is 47.4 Å². The first-order valence-electron chi connectivity index (χ1n) is 12.3. The van der Waals surface area contributed by atoms with Gasteiger partial charge in [0, 0.05) is 37.4 Å². The van der Waals surface area contributed by atoms with Gasteiger partial charge in [0.1, 0.15) is 0 Å². The summed E-state index contributed by atoms with van der Waals surface area (Å²) < 4.78 is 29.3. The van der Waals surface area contributed by atoms with Crippen molar-refractivity contribution in [2.75, 3.05) is 38.0 Å². The van der Waals surface area contributed by atoms with Crippen molar-refractivity contribution in [2.24, 2.45) is 0 Å². The SMILES string of the molecule is CCc1ccc(S(=O)(=O)N[C@@H]2c3cc(C(=O)N4CCN(CC)CC4)ccc3NC(C)(C)[C@H]2O)cc1. The molecule has 9 heteroatoms. The Balaban J connectivity index is 1.65. The van der Waals surface area contributed by atoms with E-state index in [0.29, 0.717) is 29.9 Å². The molecule has 0 unspecified atom stereocenters. The van der Waals surface area contributed by atoms with Crippen LogP contribution >= 0.6 is 0 Å². The summed E-state index contributed by atoms with van der Waals surface area (Å²) in [6.45, 7) is 11.7. The van der Waals surface area contributed by atoms with E-state index in [1.54, 1.807) is 42.5 Å². The predicted octanol–water partition coefficient (Wildman–Crippen LogP) is 2.61. The van der Waals surface area contributed by atoms with Crippen molar-refractivity contribution in [3.05, 3.63) is 59.2 Å². The average molecular weight is 501 g/mol. The first-order valence-corrected chi connectivity index (χ1v) is 13.8. The van der Waals surface area contributed by atoms with Crippen LogP contribution < -0.4 is 10.0 Å². The van der Waals surface area contributed by atoms with Gasteiger partial charge in [0.15, 0.2) is 0 Å². The Labute approximate surface area is 208 Å². The summed E-state index contributed by atoms with van der Waals surface area (Å²) in [5.41, 5.74) is 2.00. The van der Waals surface area contributed by atoms with Crippen LogP contribution in [0, 0.1) is 0 Å². The quantitative estimate of drug-likeness (QED) is 0.564. The number of rotatable bonds is 6. The molecule has 0 aromatic heterocycles. The number of aliphatic hydroxyl groups excluding tert-OH is 1. The molecule has 1 saturated heterocycles. The van der Waals surface area contributed by atoms with E-state index in [1.165, 1.54) is 0 Å². The highest BCUT2D eigenvalue weighted by Crippen LogP contribution is 2.39. The molecule has 35 heavy (non-hydrogen) atoms. The van der Waals surface area contributed by atoms with Gasteiger partial charge in [0.05, 0.1) is 22.6 Å². The van der Waals surface area contributed by atoms with E-state index < -0.39 is 27.7 Å². The zero-order chi connectivity index (χ0) is 25.4. The zero-order valence-electron chi connectivity index (χ0n) is 20.9. The van der Waals surface area contributed by atoms with E-state index in [1.807, 2.05) is 25.7 Å². The van der Waals surface area contributed by atoms with Crippen LogP contribution in [0.1, 0.15) is 55.2 Å². The summed E-state index contributed by atoms with van der Waals surface area (Å²) in [5.74, 6) is -0.0837. The van der Waals surface area contributed by atoms with Crippen molar-refractivity contribution in [2.45, 2.75) is 56.7 Å². The number of fused-ring (bicyclic) bond motifs is 1. The lowest BCUT2D eigenvalue weighted by Gasteiger charge is -2.43. The van der Waals surface area contributed by atoms with Gasteiger partial charge >= 0.3 is 0 Å². The van der Waals surface area contributed by atoms with Gasteiger partial charge < -0.3 is 20.2 Å². The standard InChI is InChI=1S/C26H36N4O4S/c1-5-18-7-10-20(11-8-18)35(33,34)28-23-21-17-19(9-12-22(21)27-26(3,4)24(23)31)25(32)30-15-13-29(6-2)14-16-30/h7-12,17,23-24,27-28,31H,5-6,13-16H2,1-4H3/t23-,24+/m1/s1. The maximum absolute atomic E-state index is 13.3. The normalized spacial score (nSPS) is 22.4. The Morgan fingerprint density at radius 1 is 1.09 bits per heavy atom. The molecule has 2 aromatic rings. The van der Waals surface area contributed by atoms with E-state index >= 15 is 0 Å². The maximum Gasteiger partial charge on any atom is 0.253 e. The molecule has 8 nitrogen and oxygen atoms in total. The second kappa shape index (κ2) is 9.89. The lowest BCUT2D eigenvalue weighted by molar-refractivity contribution is 0.0641. The highest BCUT2D eigenvalue weighted by Gasteiger charge is 2.43. The molecule has 4 rings (SSSR count). The molecule has 3 N–H and O–H groups in total. The van der Waals surface area contributed by atoms with Gasteiger partial charge in [0.25, 0.3) is 5.91 Å². The molecule has 2 aromatic carbocycles. The number of hydrogen-bond acceptors (Lipinski definition) is 6. The third kappa shape index (κ3) is 5.23. The third-order valence-corrected chi connectivity index (χ3v) is 8.63. The number of carbonyl (C=O) groups excluding carboxylic acids is 1. The molecule has 0 saturated carbocycles. The van der Waals surface area contributed by atoms with Crippen molar-refractivity contribution in [1.29, 1.82) is 0 Å². The van der Waals surface area contributed by atoms with Crippen LogP contribution in [-0.4, -0.2) is 73.6 Å². The van der Waals surface area contributed by atoms with Crippen LogP contribution in [-0.2, 0) is 16.4 Å². The number of benzene rings is 2. The molecule has 2 aliphatic heterocycles. The number of nitrogens with zero attached hydrogens (tertiary/aromatic N) is 2. The maximum atomic E-state index is 13.3. The van der Waals surface area contributed by atoms with Gasteiger partial charge in [-0.25, -0.2) is 13.1 Å². The number of nitrogens with one attached hydrogen (secondary N) is 2. The molecule has 1 amide bonds. The summed E-state index contributed by atoms with van der Waals surface area (Å²) in [6.07, 6.45) is -0.245. The van der Waals surface area contributed by atoms with Gasteiger partial charge in [0.2, 0.25) is 10.0 Å². The van der Waals surface area contributed by atoms with Crippen molar-refractivity contribution >= 4 is 21.6 Å². The number of amides is 1. The number of aliphatic hydroxyl groups is 1. The molecule has 2 heterocycles. The smallest absolute Gasteiger partial charge is 0.253 e. The van der Waals surface area contributed by atoms with Crippen molar-refractivity contribution in [3.8, 4) is 0 Å². The van der Waals surface area contributed by atoms with Gasteiger partial charge in [-0.15, -0.1) is 0 Å². The molecular formula is C26H36N4O4S. The topological polar surface area (TPSA) is 102 Å². The van der Waals surface area contributed by atoms with E-state index in [2.05, 4.69) is 21.9 Å². The molecule has 0 bridgehead atoms. The minimum Gasteiger partial charge on any atom is -0.389 e. The number of aryl methyl sites for hydroxylation is 1. The van der Waals surface area contributed by atoms with Gasteiger partial charge in [-0.1, -0.05) is 26.0 Å². The van der Waals surface area contributed by atoms with Crippen LogP contribution in [0.25, 0.3) is 0 Å². The summed E-state index contributed by atoms with van der Waals surface area (Å²) in [6, 6.07) is 11.1. The van der Waals surface area contributed by atoms with Crippen molar-refractivity contribution < 1.29 is 18.3 Å². The first-order chi connectivity index (χ1) is 16.6. The summed E-state index contributed by atoms with van der Waals surface area (Å²) in [4.78, 5) is 17.5. The molecule has 2 atom stereocenters. The van der Waals surface area contributed by atoms with E-state index in [9.17, 15) is 18.3 Å². The number of carbonyl (C=O) groups is 1. The van der Waals surface area contributed by atoms with Crippen molar-refractivity contribution in [1.82, 2.24) is 14.5 Å². The second-order valence-corrected chi connectivity index (χ2v) is 11.6. The summed E-state index contributed by atoms with van der Waals surface area (Å²) in [7, 11) is -3.91. The highest BCUT2D eigenvalue weighted by atomic mass is 32.2. The van der Waals surface area contributed by atoms with E-state index in [0.717, 1.165) is 31.6 Å². The predicted molar refractivity (Wildman–Crippen MR) is 137 cm³/mol. The average Bonchev–Trinajstić information content (AvgIpc) is 2.86. The number of piperazine rings is 1. The van der Waals surface area contributed by atoms with Crippen molar-refractivity contribution in [3.63, 3.8) is 0 Å². The number of hydrogen-bond donors (Lipinski definition) is 3. The lowest BCUT2D eigenvalue weighted by atomic mass is 9.82. The minimum atomic E-state index is -3.91. The Bertz CT molecular complexity index is 1170. The Morgan fingerprint density at radius 3 is 2.34 bits per heavy atom. The van der Waals surface area contributed by atoms with E-state index in [4.69, 9.17) is 0 Å². The van der Waals surface area contributed by atoms with Crippen LogP contribution in [0.3, 0.4) is 0 Å². The molecule has 190 valence electrons. The van der Waals surface area contributed by atoms with Crippen LogP contribution in [0.2, 0.25) is 0 Å². The fourth-order valence-corrected chi connectivity index (χ4v) is 6.01. The van der Waals surface area contributed by atoms with Gasteiger partial charge in [-0.3, -0.25) is 4.79 Å². The lowest BCUT2D eigenvalue weighted by Crippen LogP contribution is -2.54. The molecule has 1 fully saturated rings. The summed E-state index contributed by atoms with van der Waals surface area (Å²) >= 11 is 0. The van der Waals surface area contributed by atoms with Crippen LogP contribution in [0.4, 0.5) is 5.69 Å². The van der Waals surface area contributed by atoms with Gasteiger partial charge in [-0.2, -0.15) is 0 Å². The Hall–Kier alpha value is -2.46. The zero-order valence-corrected chi connectivity index (χ0v) is 21.7. The molecular weight excluding hydrogens is 464 g/mol. The number of anilines is 1. The molecule has 0 radical (unpaired) electrons. The third-order valence-electron chi connectivity index (χ3n) is 7.18. The summed E-state index contributed by atoms with van der Waals surface area (Å²) in [5, 5.41) is 14.5. The largest absolute Gasteiger partial charge is 0.389 e. The highest BCUT2D eigenvalue weighted by molar-refractivity contribution is 7.89.